The average molecular weight is 341 g/mol. The number of carbonyl (C=O) groups excluding carboxylic acids is 1. The van der Waals surface area contributed by atoms with Crippen LogP contribution in [0.2, 0.25) is 0 Å². The summed E-state index contributed by atoms with van der Waals surface area (Å²) >= 11 is 0. The molecule has 2 aromatic carbocycles. The summed E-state index contributed by atoms with van der Waals surface area (Å²) in [6, 6.07) is 13.8. The van der Waals surface area contributed by atoms with Crippen molar-refractivity contribution < 1.29 is 13.9 Å². The number of carbonyl (C=O) groups is 1. The lowest BCUT2D eigenvalue weighted by molar-refractivity contribution is 0.115. The van der Waals surface area contributed by atoms with E-state index >= 15 is 0 Å². The van der Waals surface area contributed by atoms with E-state index < -0.39 is 11.9 Å². The second-order valence-corrected chi connectivity index (χ2v) is 5.78. The van der Waals surface area contributed by atoms with Crippen LogP contribution in [0.15, 0.2) is 42.5 Å². The third-order valence-corrected chi connectivity index (χ3v) is 3.40. The lowest BCUT2D eigenvalue weighted by atomic mass is 10.1. The summed E-state index contributed by atoms with van der Waals surface area (Å²) in [4.78, 5) is 11.4. The van der Waals surface area contributed by atoms with Crippen LogP contribution in [0.3, 0.4) is 0 Å². The first-order valence-corrected chi connectivity index (χ1v) is 7.93. The number of halogens is 1. The van der Waals surface area contributed by atoms with E-state index in [4.69, 9.17) is 10.00 Å². The number of anilines is 1. The molecule has 2 rings (SSSR count). The van der Waals surface area contributed by atoms with Crippen LogP contribution < -0.4 is 10.6 Å². The van der Waals surface area contributed by atoms with Gasteiger partial charge in [-0.3, -0.25) is 0 Å². The van der Waals surface area contributed by atoms with Gasteiger partial charge in [-0.2, -0.15) is 5.26 Å². The van der Waals surface area contributed by atoms with E-state index in [1.807, 2.05) is 30.3 Å². The normalized spacial score (nSPS) is 10.2. The highest BCUT2D eigenvalue weighted by Gasteiger charge is 2.05. The van der Waals surface area contributed by atoms with Gasteiger partial charge in [-0.1, -0.05) is 18.2 Å². The maximum atomic E-state index is 13.8. The van der Waals surface area contributed by atoms with Crippen molar-refractivity contribution in [3.05, 3.63) is 65.0 Å². The Labute approximate surface area is 146 Å². The minimum atomic E-state index is -0.450. The molecule has 0 aliphatic carbocycles. The first-order chi connectivity index (χ1) is 12.0. The average Bonchev–Trinajstić information content (AvgIpc) is 2.59. The van der Waals surface area contributed by atoms with E-state index in [2.05, 4.69) is 10.6 Å². The molecule has 5 nitrogen and oxygen atoms in total. The molecule has 0 aromatic heterocycles. The molecule has 0 aliphatic rings. The van der Waals surface area contributed by atoms with Gasteiger partial charge in [0.15, 0.2) is 0 Å². The molecule has 1 amide bonds. The highest BCUT2D eigenvalue weighted by molar-refractivity contribution is 5.67. The molecule has 130 valence electrons. The van der Waals surface area contributed by atoms with E-state index in [9.17, 15) is 9.18 Å². The molecular formula is C19H20FN3O2. The number of alkyl carbamates (subject to hydrolysis) is 1. The van der Waals surface area contributed by atoms with E-state index in [0.29, 0.717) is 24.2 Å². The second-order valence-electron chi connectivity index (χ2n) is 5.78. The van der Waals surface area contributed by atoms with Gasteiger partial charge >= 0.3 is 6.09 Å². The first kappa shape index (κ1) is 18.3. The lowest BCUT2D eigenvalue weighted by Crippen LogP contribution is -2.26. The fourth-order valence-electron chi connectivity index (χ4n) is 2.13. The van der Waals surface area contributed by atoms with E-state index in [1.54, 1.807) is 26.0 Å². The number of ether oxygens (including phenoxy) is 1. The SMILES string of the molecule is CC(C)OC(=O)NCc1ccc(NCc2ccc(C#N)cc2F)cc1. The Bertz CT molecular complexity index is 767. The minimum Gasteiger partial charge on any atom is -0.447 e. The molecule has 0 saturated heterocycles. The summed E-state index contributed by atoms with van der Waals surface area (Å²) in [5, 5.41) is 14.5. The molecule has 0 aliphatic heterocycles. The van der Waals surface area contributed by atoms with E-state index in [1.165, 1.54) is 6.07 Å². The molecule has 25 heavy (non-hydrogen) atoms. The molecule has 0 radical (unpaired) electrons. The third-order valence-electron chi connectivity index (χ3n) is 3.40. The second kappa shape index (κ2) is 8.69. The van der Waals surface area contributed by atoms with Gasteiger partial charge in [0.1, 0.15) is 5.82 Å². The molecule has 0 unspecified atom stereocenters. The number of nitriles is 1. The molecule has 6 heteroatoms. The number of hydrogen-bond donors (Lipinski definition) is 2. The van der Waals surface area contributed by atoms with Crippen molar-refractivity contribution >= 4 is 11.8 Å². The Balaban J connectivity index is 1.86. The fourth-order valence-corrected chi connectivity index (χ4v) is 2.13. The Kier molecular flexibility index (Phi) is 6.35. The van der Waals surface area contributed by atoms with Gasteiger partial charge in [0.25, 0.3) is 0 Å². The quantitative estimate of drug-likeness (QED) is 0.834. The van der Waals surface area contributed by atoms with Gasteiger partial charge in [0.05, 0.1) is 17.7 Å². The molecular weight excluding hydrogens is 321 g/mol. The Morgan fingerprint density at radius 2 is 1.92 bits per heavy atom. The fraction of sp³-hybridized carbons (Fsp3) is 0.263. The zero-order valence-electron chi connectivity index (χ0n) is 14.2. The highest BCUT2D eigenvalue weighted by Crippen LogP contribution is 2.14. The van der Waals surface area contributed by atoms with Crippen LogP contribution in [0.25, 0.3) is 0 Å². The van der Waals surface area contributed by atoms with Crippen molar-refractivity contribution in [1.82, 2.24) is 5.32 Å². The van der Waals surface area contributed by atoms with E-state index in [-0.39, 0.29) is 6.10 Å². The van der Waals surface area contributed by atoms with Gasteiger partial charge in [0, 0.05) is 24.3 Å². The Hall–Kier alpha value is -3.07. The molecule has 0 fully saturated rings. The molecule has 0 atom stereocenters. The molecule has 2 N–H and O–H groups in total. The number of rotatable bonds is 6. The maximum absolute atomic E-state index is 13.8. The van der Waals surface area contributed by atoms with Gasteiger partial charge in [-0.25, -0.2) is 9.18 Å². The topological polar surface area (TPSA) is 74.2 Å². The number of nitrogens with zero attached hydrogens (tertiary/aromatic N) is 1. The van der Waals surface area contributed by atoms with Crippen molar-refractivity contribution in [2.24, 2.45) is 0 Å². The largest absolute Gasteiger partial charge is 0.447 e. The van der Waals surface area contributed by atoms with Crippen molar-refractivity contribution in [2.75, 3.05) is 5.32 Å². The monoisotopic (exact) mass is 341 g/mol. The number of nitrogens with one attached hydrogen (secondary N) is 2. The number of hydrogen-bond acceptors (Lipinski definition) is 4. The molecule has 2 aromatic rings. The van der Waals surface area contributed by atoms with E-state index in [0.717, 1.165) is 11.3 Å². The summed E-state index contributed by atoms with van der Waals surface area (Å²) in [7, 11) is 0. The van der Waals surface area contributed by atoms with Crippen molar-refractivity contribution in [2.45, 2.75) is 33.0 Å². The van der Waals surface area contributed by atoms with Crippen molar-refractivity contribution in [1.29, 1.82) is 5.26 Å². The van der Waals surface area contributed by atoms with Gasteiger partial charge in [0.2, 0.25) is 0 Å². The minimum absolute atomic E-state index is 0.158. The third kappa shape index (κ3) is 5.81. The zero-order valence-corrected chi connectivity index (χ0v) is 14.2. The van der Waals surface area contributed by atoms with Crippen molar-refractivity contribution in [3.8, 4) is 6.07 Å². The molecule has 0 spiro atoms. The van der Waals surface area contributed by atoms with Gasteiger partial charge < -0.3 is 15.4 Å². The van der Waals surface area contributed by atoms with Crippen molar-refractivity contribution in [3.63, 3.8) is 0 Å². The summed E-state index contributed by atoms with van der Waals surface area (Å²) < 4.78 is 18.8. The molecule has 0 bridgehead atoms. The van der Waals surface area contributed by atoms with Gasteiger partial charge in [-0.15, -0.1) is 0 Å². The summed E-state index contributed by atoms with van der Waals surface area (Å²) in [6.07, 6.45) is -0.609. The van der Waals surface area contributed by atoms with Crippen LogP contribution in [0.5, 0.6) is 0 Å². The first-order valence-electron chi connectivity index (χ1n) is 7.93. The molecule has 0 saturated carbocycles. The van der Waals surface area contributed by atoms with Gasteiger partial charge in [-0.05, 0) is 43.7 Å². The van der Waals surface area contributed by atoms with Crippen LogP contribution in [0.1, 0.15) is 30.5 Å². The number of benzene rings is 2. The number of amides is 1. The standard InChI is InChI=1S/C19H20FN3O2/c1-13(2)25-19(24)23-11-14-4-7-17(8-5-14)22-12-16-6-3-15(10-21)9-18(16)20/h3-9,13,22H,11-12H2,1-2H3,(H,23,24). The summed E-state index contributed by atoms with van der Waals surface area (Å²) in [5.74, 6) is -0.406. The predicted molar refractivity (Wildman–Crippen MR) is 93.3 cm³/mol. The van der Waals surface area contributed by atoms with Crippen LogP contribution in [-0.2, 0) is 17.8 Å². The smallest absolute Gasteiger partial charge is 0.407 e. The zero-order chi connectivity index (χ0) is 18.2. The Morgan fingerprint density at radius 3 is 2.52 bits per heavy atom. The molecule has 0 heterocycles. The lowest BCUT2D eigenvalue weighted by Gasteiger charge is -2.11. The predicted octanol–water partition coefficient (Wildman–Crippen LogP) is 3.94. The van der Waals surface area contributed by atoms with Crippen LogP contribution in [0.4, 0.5) is 14.9 Å². The highest BCUT2D eigenvalue weighted by atomic mass is 19.1. The van der Waals surface area contributed by atoms with Crippen LogP contribution in [0, 0.1) is 17.1 Å². The van der Waals surface area contributed by atoms with Crippen LogP contribution in [-0.4, -0.2) is 12.2 Å². The Morgan fingerprint density at radius 1 is 1.20 bits per heavy atom. The summed E-state index contributed by atoms with van der Waals surface area (Å²) in [6.45, 7) is 4.26. The maximum Gasteiger partial charge on any atom is 0.407 e. The van der Waals surface area contributed by atoms with Crippen LogP contribution >= 0.6 is 0 Å². The summed E-state index contributed by atoms with van der Waals surface area (Å²) in [5.41, 5.74) is 2.54.